The van der Waals surface area contributed by atoms with E-state index in [1.54, 1.807) is 20.3 Å². The second kappa shape index (κ2) is 8.93. The molecule has 1 aromatic heterocycles. The van der Waals surface area contributed by atoms with Gasteiger partial charge in [-0.15, -0.1) is 0 Å². The molecule has 0 saturated heterocycles. The molecule has 0 spiro atoms. The molecule has 0 saturated carbocycles. The van der Waals surface area contributed by atoms with Gasteiger partial charge in [0.15, 0.2) is 11.5 Å². The predicted octanol–water partition coefficient (Wildman–Crippen LogP) is 4.39. The van der Waals surface area contributed by atoms with Crippen molar-refractivity contribution in [2.75, 3.05) is 20.8 Å². The molecule has 3 aromatic rings. The Morgan fingerprint density at radius 2 is 1.64 bits per heavy atom. The average Bonchev–Trinajstić information content (AvgIpc) is 2.72. The predicted molar refractivity (Wildman–Crippen MR) is 111 cm³/mol. The maximum Gasteiger partial charge on any atom is 0.336 e. The van der Waals surface area contributed by atoms with E-state index in [-0.39, 0.29) is 5.63 Å². The zero-order valence-corrected chi connectivity index (χ0v) is 17.0. The minimum atomic E-state index is -0.307. The number of methoxy groups -OCH3 is 2. The van der Waals surface area contributed by atoms with Crippen LogP contribution in [0.1, 0.15) is 30.5 Å². The van der Waals surface area contributed by atoms with E-state index in [0.717, 1.165) is 41.6 Å². The Hall–Kier alpha value is -2.79. The zero-order valence-electron chi connectivity index (χ0n) is 17.0. The second-order valence-electron chi connectivity index (χ2n) is 6.77. The Labute approximate surface area is 165 Å². The van der Waals surface area contributed by atoms with E-state index >= 15 is 0 Å². The zero-order chi connectivity index (χ0) is 20.1. The Balaban J connectivity index is 1.88. The normalized spacial score (nSPS) is 11.2. The first-order valence-corrected chi connectivity index (χ1v) is 9.56. The van der Waals surface area contributed by atoms with Crippen LogP contribution in [-0.2, 0) is 19.5 Å². The summed E-state index contributed by atoms with van der Waals surface area (Å²) in [5.74, 6) is 1.43. The Kier molecular flexibility index (Phi) is 6.37. The van der Waals surface area contributed by atoms with Gasteiger partial charge in [-0.25, -0.2) is 4.79 Å². The van der Waals surface area contributed by atoms with Crippen LogP contribution in [0.25, 0.3) is 11.0 Å². The van der Waals surface area contributed by atoms with Gasteiger partial charge < -0.3 is 13.9 Å². The van der Waals surface area contributed by atoms with Crippen LogP contribution >= 0.6 is 0 Å². The molecule has 0 aliphatic heterocycles. The van der Waals surface area contributed by atoms with Gasteiger partial charge in [0.05, 0.1) is 14.2 Å². The molecule has 0 aliphatic carbocycles. The summed E-state index contributed by atoms with van der Waals surface area (Å²) in [7, 11) is 3.27. The van der Waals surface area contributed by atoms with Gasteiger partial charge in [0.2, 0.25) is 0 Å². The molecular weight excluding hydrogens is 354 g/mol. The summed E-state index contributed by atoms with van der Waals surface area (Å²) in [5.41, 5.74) is 3.61. The van der Waals surface area contributed by atoms with Crippen molar-refractivity contribution in [3.05, 3.63) is 69.6 Å². The first kappa shape index (κ1) is 20.0. The van der Waals surface area contributed by atoms with Gasteiger partial charge in [-0.3, -0.25) is 4.90 Å². The third-order valence-corrected chi connectivity index (χ3v) is 5.00. The number of aryl methyl sites for hydroxylation is 1. The van der Waals surface area contributed by atoms with Crippen molar-refractivity contribution in [1.29, 1.82) is 0 Å². The van der Waals surface area contributed by atoms with Crippen molar-refractivity contribution >= 4 is 11.0 Å². The lowest BCUT2D eigenvalue weighted by atomic mass is 10.1. The quantitative estimate of drug-likeness (QED) is 0.542. The van der Waals surface area contributed by atoms with Crippen molar-refractivity contribution in [2.24, 2.45) is 0 Å². The summed E-state index contributed by atoms with van der Waals surface area (Å²) in [4.78, 5) is 14.4. The topological polar surface area (TPSA) is 51.9 Å². The SMILES string of the molecule is CCc1ccc2c(CN(CC)Cc3ccc(OC)c(OC)c3)cc(=O)oc2c1. The molecule has 0 atom stereocenters. The van der Waals surface area contributed by atoms with E-state index < -0.39 is 0 Å². The summed E-state index contributed by atoms with van der Waals surface area (Å²) in [6, 6.07) is 13.7. The standard InChI is InChI=1S/C23H27NO4/c1-5-16-7-9-19-18(13-23(25)28-21(19)11-16)15-24(6-2)14-17-8-10-20(26-3)22(12-17)27-4/h7-13H,5-6,14-15H2,1-4H3. The van der Waals surface area contributed by atoms with Gasteiger partial charge in [0.25, 0.3) is 0 Å². The fourth-order valence-electron chi connectivity index (χ4n) is 3.38. The van der Waals surface area contributed by atoms with Crippen molar-refractivity contribution in [1.82, 2.24) is 4.90 Å². The van der Waals surface area contributed by atoms with E-state index in [1.807, 2.05) is 24.3 Å². The van der Waals surface area contributed by atoms with Crippen LogP contribution in [0.2, 0.25) is 0 Å². The third-order valence-electron chi connectivity index (χ3n) is 5.00. The first-order chi connectivity index (χ1) is 13.6. The molecule has 0 N–H and O–H groups in total. The van der Waals surface area contributed by atoms with Crippen LogP contribution in [0.15, 0.2) is 51.7 Å². The minimum absolute atomic E-state index is 0.307. The number of rotatable bonds is 8. The number of nitrogens with zero attached hydrogens (tertiary/aromatic N) is 1. The van der Waals surface area contributed by atoms with Crippen LogP contribution < -0.4 is 15.1 Å². The van der Waals surface area contributed by atoms with E-state index in [4.69, 9.17) is 13.9 Å². The Morgan fingerprint density at radius 3 is 2.32 bits per heavy atom. The second-order valence-corrected chi connectivity index (χ2v) is 6.77. The highest BCUT2D eigenvalue weighted by molar-refractivity contribution is 5.80. The number of benzene rings is 2. The third kappa shape index (κ3) is 4.37. The van der Waals surface area contributed by atoms with Gasteiger partial charge in [0, 0.05) is 24.5 Å². The molecule has 0 radical (unpaired) electrons. The summed E-state index contributed by atoms with van der Waals surface area (Å²) in [6.45, 7) is 6.46. The van der Waals surface area contributed by atoms with Gasteiger partial charge in [-0.1, -0.05) is 32.0 Å². The monoisotopic (exact) mass is 381 g/mol. The van der Waals surface area contributed by atoms with Crippen molar-refractivity contribution in [3.63, 3.8) is 0 Å². The highest BCUT2D eigenvalue weighted by atomic mass is 16.5. The summed E-state index contributed by atoms with van der Waals surface area (Å²) < 4.78 is 16.2. The van der Waals surface area contributed by atoms with Crippen molar-refractivity contribution in [2.45, 2.75) is 33.4 Å². The van der Waals surface area contributed by atoms with Crippen molar-refractivity contribution in [3.8, 4) is 11.5 Å². The number of fused-ring (bicyclic) bond motifs is 1. The Bertz CT molecular complexity index is 1010. The van der Waals surface area contributed by atoms with Gasteiger partial charge in [-0.2, -0.15) is 0 Å². The smallest absolute Gasteiger partial charge is 0.336 e. The van der Waals surface area contributed by atoms with E-state index in [1.165, 1.54) is 0 Å². The highest BCUT2D eigenvalue weighted by Crippen LogP contribution is 2.28. The molecule has 5 nitrogen and oxygen atoms in total. The van der Waals surface area contributed by atoms with Crippen LogP contribution in [0.5, 0.6) is 11.5 Å². The summed E-state index contributed by atoms with van der Waals surface area (Å²) >= 11 is 0. The maximum atomic E-state index is 12.1. The molecule has 148 valence electrons. The number of hydrogen-bond acceptors (Lipinski definition) is 5. The fraction of sp³-hybridized carbons (Fsp3) is 0.348. The van der Waals surface area contributed by atoms with Crippen molar-refractivity contribution < 1.29 is 13.9 Å². The molecular formula is C23H27NO4. The molecule has 1 heterocycles. The molecule has 0 bridgehead atoms. The lowest BCUT2D eigenvalue weighted by Crippen LogP contribution is -2.23. The molecule has 3 rings (SSSR count). The van der Waals surface area contributed by atoms with Gasteiger partial charge >= 0.3 is 5.63 Å². The molecule has 0 fully saturated rings. The van der Waals surface area contributed by atoms with Gasteiger partial charge in [-0.05, 0) is 47.9 Å². The molecule has 5 heteroatoms. The van der Waals surface area contributed by atoms with Crippen LogP contribution in [0.4, 0.5) is 0 Å². The maximum absolute atomic E-state index is 12.1. The molecule has 28 heavy (non-hydrogen) atoms. The summed E-state index contributed by atoms with van der Waals surface area (Å²) in [6.07, 6.45) is 0.907. The number of hydrogen-bond donors (Lipinski definition) is 0. The van der Waals surface area contributed by atoms with E-state index in [0.29, 0.717) is 23.6 Å². The Morgan fingerprint density at radius 1 is 0.893 bits per heavy atom. The van der Waals surface area contributed by atoms with E-state index in [2.05, 4.69) is 30.9 Å². The first-order valence-electron chi connectivity index (χ1n) is 9.56. The van der Waals surface area contributed by atoms with Crippen LogP contribution in [0, 0.1) is 0 Å². The van der Waals surface area contributed by atoms with Crippen LogP contribution in [-0.4, -0.2) is 25.7 Å². The van der Waals surface area contributed by atoms with Gasteiger partial charge in [0.1, 0.15) is 5.58 Å². The molecule has 2 aromatic carbocycles. The molecule has 0 aliphatic rings. The lowest BCUT2D eigenvalue weighted by molar-refractivity contribution is 0.271. The molecule has 0 amide bonds. The van der Waals surface area contributed by atoms with E-state index in [9.17, 15) is 4.79 Å². The summed E-state index contributed by atoms with van der Waals surface area (Å²) in [5, 5.41) is 0.988. The van der Waals surface area contributed by atoms with Crippen LogP contribution in [0.3, 0.4) is 0 Å². The lowest BCUT2D eigenvalue weighted by Gasteiger charge is -2.22. The number of ether oxygens (including phenoxy) is 2. The molecule has 0 unspecified atom stereocenters. The largest absolute Gasteiger partial charge is 0.493 e. The minimum Gasteiger partial charge on any atom is -0.493 e. The highest BCUT2D eigenvalue weighted by Gasteiger charge is 2.12. The average molecular weight is 381 g/mol. The fourth-order valence-corrected chi connectivity index (χ4v) is 3.38.